The van der Waals surface area contributed by atoms with Crippen LogP contribution in [0.15, 0.2) is 11.0 Å². The van der Waals surface area contributed by atoms with Crippen molar-refractivity contribution in [2.45, 2.75) is 70.5 Å². The first-order chi connectivity index (χ1) is 9.78. The van der Waals surface area contributed by atoms with Gasteiger partial charge in [-0.2, -0.15) is 0 Å². The van der Waals surface area contributed by atoms with E-state index < -0.39 is 10.0 Å². The SMILES string of the molecule is Cc1sc(CNC2CC2)cc1S(=O)(=O)NC(C)CC(C)C. The summed E-state index contributed by atoms with van der Waals surface area (Å²) in [6, 6.07) is 2.42. The number of aryl methyl sites for hydroxylation is 1. The number of rotatable bonds is 8. The van der Waals surface area contributed by atoms with Gasteiger partial charge >= 0.3 is 0 Å². The van der Waals surface area contributed by atoms with Gasteiger partial charge in [0.2, 0.25) is 10.0 Å². The van der Waals surface area contributed by atoms with Crippen molar-refractivity contribution in [3.8, 4) is 0 Å². The standard InChI is InChI=1S/C15H26N2O2S2/c1-10(2)7-11(3)17-21(18,19)15-8-14(20-12(15)4)9-16-13-5-6-13/h8,10-11,13,16-17H,5-7,9H2,1-4H3. The van der Waals surface area contributed by atoms with Gasteiger partial charge < -0.3 is 5.32 Å². The summed E-state index contributed by atoms with van der Waals surface area (Å²) in [5, 5.41) is 3.43. The van der Waals surface area contributed by atoms with Gasteiger partial charge in [0.05, 0.1) is 4.90 Å². The van der Waals surface area contributed by atoms with Crippen molar-refractivity contribution in [2.75, 3.05) is 0 Å². The summed E-state index contributed by atoms with van der Waals surface area (Å²) >= 11 is 1.57. The summed E-state index contributed by atoms with van der Waals surface area (Å²) < 4.78 is 27.8. The average Bonchev–Trinajstić information content (AvgIpc) is 3.07. The van der Waals surface area contributed by atoms with Crippen molar-refractivity contribution in [1.29, 1.82) is 0 Å². The summed E-state index contributed by atoms with van der Waals surface area (Å²) in [6.45, 7) is 8.78. The quantitative estimate of drug-likeness (QED) is 0.770. The van der Waals surface area contributed by atoms with Crippen LogP contribution in [0.5, 0.6) is 0 Å². The Balaban J connectivity index is 2.04. The molecule has 2 N–H and O–H groups in total. The van der Waals surface area contributed by atoms with E-state index in [0.717, 1.165) is 22.7 Å². The van der Waals surface area contributed by atoms with E-state index in [9.17, 15) is 8.42 Å². The Bertz CT molecular complexity index is 574. The van der Waals surface area contributed by atoms with Crippen LogP contribution < -0.4 is 10.0 Å². The molecule has 2 rings (SSSR count). The Morgan fingerprint density at radius 1 is 1.33 bits per heavy atom. The summed E-state index contributed by atoms with van der Waals surface area (Å²) in [7, 11) is -3.41. The third-order valence-electron chi connectivity index (χ3n) is 3.54. The zero-order valence-electron chi connectivity index (χ0n) is 13.3. The fourth-order valence-electron chi connectivity index (χ4n) is 2.49. The molecular weight excluding hydrogens is 304 g/mol. The zero-order valence-corrected chi connectivity index (χ0v) is 14.9. The van der Waals surface area contributed by atoms with E-state index in [4.69, 9.17) is 0 Å². The molecule has 0 aromatic carbocycles. The van der Waals surface area contributed by atoms with E-state index in [1.807, 2.05) is 19.9 Å². The molecule has 0 bridgehead atoms. The van der Waals surface area contributed by atoms with Crippen LogP contribution in [0.25, 0.3) is 0 Å². The van der Waals surface area contributed by atoms with Crippen LogP contribution in [0.4, 0.5) is 0 Å². The van der Waals surface area contributed by atoms with Crippen LogP contribution in [0, 0.1) is 12.8 Å². The highest BCUT2D eigenvalue weighted by molar-refractivity contribution is 7.89. The molecule has 0 radical (unpaired) electrons. The van der Waals surface area contributed by atoms with Gasteiger partial charge in [-0.25, -0.2) is 13.1 Å². The van der Waals surface area contributed by atoms with Crippen LogP contribution in [0.3, 0.4) is 0 Å². The summed E-state index contributed by atoms with van der Waals surface area (Å²) in [5.74, 6) is 0.476. The van der Waals surface area contributed by atoms with Crippen molar-refractivity contribution < 1.29 is 8.42 Å². The van der Waals surface area contributed by atoms with Gasteiger partial charge in [0.1, 0.15) is 0 Å². The maximum absolute atomic E-state index is 12.5. The van der Waals surface area contributed by atoms with Gasteiger partial charge in [0.25, 0.3) is 0 Å². The normalized spacial score (nSPS) is 17.4. The van der Waals surface area contributed by atoms with E-state index in [1.54, 1.807) is 11.3 Å². The van der Waals surface area contributed by atoms with Crippen LogP contribution in [-0.2, 0) is 16.6 Å². The Labute approximate surface area is 132 Å². The largest absolute Gasteiger partial charge is 0.309 e. The fraction of sp³-hybridized carbons (Fsp3) is 0.733. The van der Waals surface area contributed by atoms with Gasteiger partial charge in [-0.1, -0.05) is 13.8 Å². The molecular formula is C15H26N2O2S2. The minimum Gasteiger partial charge on any atom is -0.309 e. The Morgan fingerprint density at radius 2 is 2.00 bits per heavy atom. The molecule has 1 saturated carbocycles. The predicted molar refractivity (Wildman–Crippen MR) is 88.2 cm³/mol. The van der Waals surface area contributed by atoms with Crippen LogP contribution in [0.1, 0.15) is 49.8 Å². The minimum absolute atomic E-state index is 0.0395. The Morgan fingerprint density at radius 3 is 2.57 bits per heavy atom. The first-order valence-corrected chi connectivity index (χ1v) is 9.93. The van der Waals surface area contributed by atoms with Crippen molar-refractivity contribution in [3.63, 3.8) is 0 Å². The van der Waals surface area contributed by atoms with Crippen molar-refractivity contribution in [2.24, 2.45) is 5.92 Å². The molecule has 1 heterocycles. The van der Waals surface area contributed by atoms with E-state index >= 15 is 0 Å². The van der Waals surface area contributed by atoms with Crippen LogP contribution in [-0.4, -0.2) is 20.5 Å². The molecule has 1 aliphatic carbocycles. The molecule has 21 heavy (non-hydrogen) atoms. The van der Waals surface area contributed by atoms with Crippen molar-refractivity contribution in [1.82, 2.24) is 10.0 Å². The summed E-state index contributed by atoms with van der Waals surface area (Å²) in [5.41, 5.74) is 0. The molecule has 0 amide bonds. The number of hydrogen-bond acceptors (Lipinski definition) is 4. The number of nitrogens with one attached hydrogen (secondary N) is 2. The number of hydrogen-bond donors (Lipinski definition) is 2. The van der Waals surface area contributed by atoms with E-state index in [0.29, 0.717) is 16.9 Å². The molecule has 1 fully saturated rings. The third kappa shape index (κ3) is 5.06. The lowest BCUT2D eigenvalue weighted by Crippen LogP contribution is -2.33. The molecule has 6 heteroatoms. The first-order valence-electron chi connectivity index (χ1n) is 7.63. The molecule has 1 aromatic rings. The van der Waals surface area contributed by atoms with Crippen LogP contribution in [0.2, 0.25) is 0 Å². The predicted octanol–water partition coefficient (Wildman–Crippen LogP) is 3.02. The first kappa shape index (κ1) is 16.9. The summed E-state index contributed by atoms with van der Waals surface area (Å²) in [6.07, 6.45) is 3.33. The van der Waals surface area contributed by atoms with Crippen molar-refractivity contribution in [3.05, 3.63) is 15.8 Å². The number of sulfonamides is 1. The fourth-order valence-corrected chi connectivity index (χ4v) is 5.34. The topological polar surface area (TPSA) is 58.2 Å². The molecule has 1 aromatic heterocycles. The molecule has 1 unspecified atom stereocenters. The lowest BCUT2D eigenvalue weighted by atomic mass is 10.1. The Hall–Kier alpha value is -0.430. The highest BCUT2D eigenvalue weighted by Gasteiger charge is 2.24. The highest BCUT2D eigenvalue weighted by Crippen LogP contribution is 2.27. The van der Waals surface area contributed by atoms with Gasteiger partial charge in [0, 0.05) is 28.4 Å². The molecule has 0 spiro atoms. The van der Waals surface area contributed by atoms with Gasteiger partial charge in [-0.15, -0.1) is 11.3 Å². The molecule has 1 atom stereocenters. The zero-order chi connectivity index (χ0) is 15.6. The van der Waals surface area contributed by atoms with Crippen molar-refractivity contribution >= 4 is 21.4 Å². The second kappa shape index (κ2) is 6.77. The maximum Gasteiger partial charge on any atom is 0.241 e. The lowest BCUT2D eigenvalue weighted by molar-refractivity contribution is 0.482. The van der Waals surface area contributed by atoms with Gasteiger partial charge in [0.15, 0.2) is 0 Å². The van der Waals surface area contributed by atoms with E-state index in [-0.39, 0.29) is 6.04 Å². The molecule has 4 nitrogen and oxygen atoms in total. The van der Waals surface area contributed by atoms with E-state index in [2.05, 4.69) is 23.9 Å². The van der Waals surface area contributed by atoms with Gasteiger partial charge in [-0.3, -0.25) is 0 Å². The van der Waals surface area contributed by atoms with E-state index in [1.165, 1.54) is 12.8 Å². The smallest absolute Gasteiger partial charge is 0.241 e. The molecule has 120 valence electrons. The highest BCUT2D eigenvalue weighted by atomic mass is 32.2. The monoisotopic (exact) mass is 330 g/mol. The average molecular weight is 331 g/mol. The minimum atomic E-state index is -3.41. The maximum atomic E-state index is 12.5. The third-order valence-corrected chi connectivity index (χ3v) is 6.43. The molecule has 0 aliphatic heterocycles. The van der Waals surface area contributed by atoms with Gasteiger partial charge in [-0.05, 0) is 45.1 Å². The second-order valence-corrected chi connectivity index (χ2v) is 9.46. The van der Waals surface area contributed by atoms with Crippen LogP contribution >= 0.6 is 11.3 Å². The summed E-state index contributed by atoms with van der Waals surface area (Å²) in [4.78, 5) is 2.40. The lowest BCUT2D eigenvalue weighted by Gasteiger charge is -2.15. The molecule has 1 aliphatic rings. The Kier molecular flexibility index (Phi) is 5.46. The molecule has 0 saturated heterocycles. The number of thiophene rings is 1. The second-order valence-electron chi connectivity index (χ2n) is 6.44.